The number of Topliss-reactive ketones (excluding diaryl/α,β-unsaturated/α-hetero) is 2. The molecule has 0 spiro atoms. The van der Waals surface area contributed by atoms with E-state index in [4.69, 9.17) is 4.98 Å². The number of ketones is 2. The van der Waals surface area contributed by atoms with Crippen molar-refractivity contribution in [1.82, 2.24) is 9.55 Å². The van der Waals surface area contributed by atoms with Gasteiger partial charge in [-0.25, -0.2) is 4.39 Å². The van der Waals surface area contributed by atoms with Crippen molar-refractivity contribution in [2.24, 2.45) is 0 Å². The highest BCUT2D eigenvalue weighted by Gasteiger charge is 2.25. The van der Waals surface area contributed by atoms with Crippen LogP contribution in [0.4, 0.5) is 4.39 Å². The van der Waals surface area contributed by atoms with Gasteiger partial charge in [0, 0.05) is 56.8 Å². The normalized spacial score (nSPS) is 12.7. The monoisotopic (exact) mass is 546 g/mol. The molecule has 0 aliphatic rings. The Labute approximate surface area is 231 Å². The zero-order valence-electron chi connectivity index (χ0n) is 23.5. The Kier molecular flexibility index (Phi) is 9.86. The third kappa shape index (κ3) is 6.84. The summed E-state index contributed by atoms with van der Waals surface area (Å²) >= 11 is 0. The highest BCUT2D eigenvalue weighted by Crippen LogP contribution is 2.34. The van der Waals surface area contributed by atoms with Crippen LogP contribution in [0, 0.1) is 12.7 Å². The lowest BCUT2D eigenvalue weighted by Crippen LogP contribution is -2.12. The van der Waals surface area contributed by atoms with E-state index in [9.17, 15) is 18.2 Å². The molecule has 0 aliphatic heterocycles. The molecule has 1 unspecified atom stereocenters. The molecule has 1 atom stereocenters. The highest BCUT2D eigenvalue weighted by molar-refractivity contribution is 7.84. The Morgan fingerprint density at radius 3 is 2.36 bits per heavy atom. The van der Waals surface area contributed by atoms with Crippen LogP contribution in [0.3, 0.4) is 0 Å². The molecule has 0 N–H and O–H groups in total. The van der Waals surface area contributed by atoms with Crippen molar-refractivity contribution >= 4 is 49.7 Å². The van der Waals surface area contributed by atoms with Gasteiger partial charge in [0.15, 0.2) is 11.6 Å². The predicted octanol–water partition coefficient (Wildman–Crippen LogP) is 7.21. The number of para-hydroxylation sites is 1. The lowest BCUT2D eigenvalue weighted by Gasteiger charge is -2.13. The molecule has 7 heteroatoms. The second kappa shape index (κ2) is 12.9. The third-order valence-corrected chi connectivity index (χ3v) is 7.80. The van der Waals surface area contributed by atoms with Crippen molar-refractivity contribution in [2.45, 2.75) is 53.3 Å². The zero-order valence-corrected chi connectivity index (χ0v) is 24.4. The second-order valence-electron chi connectivity index (χ2n) is 9.66. The first-order valence-electron chi connectivity index (χ1n) is 12.8. The average Bonchev–Trinajstić information content (AvgIpc) is 3.18. The van der Waals surface area contributed by atoms with Crippen LogP contribution < -0.4 is 0 Å². The molecule has 0 bridgehead atoms. The number of aryl methyl sites for hydroxylation is 1. The van der Waals surface area contributed by atoms with Gasteiger partial charge in [-0.1, -0.05) is 50.3 Å². The quantitative estimate of drug-likeness (QED) is 0.140. The van der Waals surface area contributed by atoms with Gasteiger partial charge in [0.05, 0.1) is 23.3 Å². The standard InChI is InChI=1S/C28H25FN2O2.C4H10OS/c1-5-6-10-23(18(3)32)27-24-13-12-22(29)15-26(24)31(28(27)19(4)33)16-21-14-20-9-7-8-11-25(20)30-17(21)2;1-4(2)6(3)5/h5-15H,16H2,1-4H3;4H,1-3H3/b6-5-,23-10+;. The fourth-order valence-electron chi connectivity index (χ4n) is 4.28. The van der Waals surface area contributed by atoms with Crippen molar-refractivity contribution in [3.8, 4) is 0 Å². The molecule has 0 saturated heterocycles. The average molecular weight is 547 g/mol. The molecule has 0 amide bonds. The van der Waals surface area contributed by atoms with E-state index in [1.165, 1.54) is 26.0 Å². The van der Waals surface area contributed by atoms with Crippen LogP contribution in [-0.2, 0) is 22.1 Å². The minimum atomic E-state index is -0.617. The summed E-state index contributed by atoms with van der Waals surface area (Å²) in [5, 5.41) is 1.98. The molecule has 39 heavy (non-hydrogen) atoms. The van der Waals surface area contributed by atoms with Crippen molar-refractivity contribution < 1.29 is 18.2 Å². The van der Waals surface area contributed by atoms with E-state index in [-0.39, 0.29) is 11.6 Å². The molecule has 0 radical (unpaired) electrons. The summed E-state index contributed by atoms with van der Waals surface area (Å²) in [6.07, 6.45) is 7.01. The first-order chi connectivity index (χ1) is 18.5. The van der Waals surface area contributed by atoms with Crippen LogP contribution in [0.1, 0.15) is 61.9 Å². The van der Waals surface area contributed by atoms with Gasteiger partial charge in [0.1, 0.15) is 5.82 Å². The van der Waals surface area contributed by atoms with Crippen LogP contribution in [0.15, 0.2) is 66.8 Å². The summed E-state index contributed by atoms with van der Waals surface area (Å²) in [5.74, 6) is -0.763. The number of fused-ring (bicyclic) bond motifs is 2. The Morgan fingerprint density at radius 2 is 1.77 bits per heavy atom. The van der Waals surface area contributed by atoms with Crippen molar-refractivity contribution in [2.75, 3.05) is 6.26 Å². The van der Waals surface area contributed by atoms with E-state index in [1.54, 1.807) is 29.0 Å². The molecular formula is C32H35FN2O3S. The summed E-state index contributed by atoms with van der Waals surface area (Å²) < 4.78 is 26.4. The fourth-order valence-corrected chi connectivity index (χ4v) is 4.28. The fraction of sp³-hybridized carbons (Fsp3) is 0.281. The number of allylic oxidation sites excluding steroid dienone is 4. The van der Waals surface area contributed by atoms with E-state index in [2.05, 4.69) is 0 Å². The van der Waals surface area contributed by atoms with Crippen LogP contribution in [-0.4, -0.2) is 36.8 Å². The Morgan fingerprint density at radius 1 is 1.10 bits per heavy atom. The first-order valence-corrected chi connectivity index (χ1v) is 14.4. The summed E-state index contributed by atoms with van der Waals surface area (Å²) in [5.41, 5.74) is 4.55. The van der Waals surface area contributed by atoms with Crippen molar-refractivity contribution in [3.63, 3.8) is 0 Å². The molecule has 0 fully saturated rings. The predicted molar refractivity (Wildman–Crippen MR) is 160 cm³/mol. The minimum absolute atomic E-state index is 0.164. The van der Waals surface area contributed by atoms with Gasteiger partial charge in [-0.2, -0.15) is 0 Å². The van der Waals surface area contributed by atoms with Crippen molar-refractivity contribution in [1.29, 1.82) is 0 Å². The molecule has 4 rings (SSSR count). The number of carbonyl (C=O) groups excluding carboxylic acids is 2. The molecule has 0 saturated carbocycles. The topological polar surface area (TPSA) is 69.0 Å². The number of benzene rings is 2. The largest absolute Gasteiger partial charge is 0.333 e. The van der Waals surface area contributed by atoms with Crippen LogP contribution in [0.2, 0.25) is 0 Å². The van der Waals surface area contributed by atoms with Crippen LogP contribution in [0.5, 0.6) is 0 Å². The number of hydrogen-bond donors (Lipinski definition) is 0. The number of rotatable bonds is 7. The van der Waals surface area contributed by atoms with Crippen LogP contribution in [0.25, 0.3) is 27.4 Å². The maximum absolute atomic E-state index is 14.3. The number of nitrogens with zero attached hydrogens (tertiary/aromatic N) is 2. The highest BCUT2D eigenvalue weighted by atomic mass is 32.2. The molecule has 4 aromatic rings. The number of pyridine rings is 1. The van der Waals surface area contributed by atoms with Gasteiger partial charge in [-0.05, 0) is 56.7 Å². The summed E-state index contributed by atoms with van der Waals surface area (Å²) in [4.78, 5) is 30.2. The SMILES string of the molecule is C/C=C\C=C(/C(C)=O)c1c(C(C)=O)n(Cc2cc3ccccc3nc2C)c2cc(F)ccc12.CC(C)S(C)=O. The van der Waals surface area contributed by atoms with E-state index >= 15 is 0 Å². The second-order valence-corrected chi connectivity index (χ2v) is 11.6. The van der Waals surface area contributed by atoms with Gasteiger partial charge < -0.3 is 4.57 Å². The van der Waals surface area contributed by atoms with E-state index in [0.29, 0.717) is 39.5 Å². The summed E-state index contributed by atoms with van der Waals surface area (Å²) in [6.45, 7) is 10.9. The maximum atomic E-state index is 14.3. The minimum Gasteiger partial charge on any atom is -0.333 e. The van der Waals surface area contributed by atoms with E-state index in [1.807, 2.05) is 64.1 Å². The Balaban J connectivity index is 0.000000631. The number of halogens is 1. The number of carbonyl (C=O) groups is 2. The maximum Gasteiger partial charge on any atom is 0.176 e. The smallest absolute Gasteiger partial charge is 0.176 e. The van der Waals surface area contributed by atoms with Gasteiger partial charge >= 0.3 is 0 Å². The van der Waals surface area contributed by atoms with Crippen molar-refractivity contribution in [3.05, 3.63) is 95.1 Å². The summed E-state index contributed by atoms with van der Waals surface area (Å²) in [7, 11) is -0.617. The lowest BCUT2D eigenvalue weighted by molar-refractivity contribution is -0.111. The van der Waals surface area contributed by atoms with Gasteiger partial charge in [-0.3, -0.25) is 18.8 Å². The molecular weight excluding hydrogens is 511 g/mol. The third-order valence-electron chi connectivity index (χ3n) is 6.48. The number of aromatic nitrogens is 2. The van der Waals surface area contributed by atoms with Crippen LogP contribution >= 0.6 is 0 Å². The molecule has 5 nitrogen and oxygen atoms in total. The Hall–Kier alpha value is -3.71. The van der Waals surface area contributed by atoms with E-state index < -0.39 is 16.6 Å². The van der Waals surface area contributed by atoms with Gasteiger partial charge in [-0.15, -0.1) is 0 Å². The molecule has 2 aromatic carbocycles. The first kappa shape index (κ1) is 29.8. The molecule has 2 aromatic heterocycles. The number of hydrogen-bond acceptors (Lipinski definition) is 4. The lowest BCUT2D eigenvalue weighted by atomic mass is 9.97. The molecule has 0 aliphatic carbocycles. The van der Waals surface area contributed by atoms with E-state index in [0.717, 1.165) is 22.2 Å². The zero-order chi connectivity index (χ0) is 28.9. The van der Waals surface area contributed by atoms with Gasteiger partial charge in [0.2, 0.25) is 0 Å². The Bertz CT molecular complexity index is 1630. The molecule has 2 heterocycles. The molecule has 204 valence electrons. The van der Waals surface area contributed by atoms with Gasteiger partial charge in [0.25, 0.3) is 0 Å². The summed E-state index contributed by atoms with van der Waals surface area (Å²) in [6, 6.07) is 14.3.